The van der Waals surface area contributed by atoms with Crippen LogP contribution >= 0.6 is 11.8 Å². The fraction of sp³-hybridized carbons (Fsp3) is 0.269. The minimum Gasteiger partial charge on any atom is -0.360 e. The van der Waals surface area contributed by atoms with Gasteiger partial charge in [0, 0.05) is 23.1 Å². The Kier molecular flexibility index (Phi) is 5.81. The van der Waals surface area contributed by atoms with E-state index in [1.807, 2.05) is 16.9 Å². The zero-order valence-corrected chi connectivity index (χ0v) is 19.6. The van der Waals surface area contributed by atoms with Crippen molar-refractivity contribution < 1.29 is 9.32 Å². The predicted octanol–water partition coefficient (Wildman–Crippen LogP) is 5.34. The van der Waals surface area contributed by atoms with Crippen LogP contribution in [0, 0.1) is 0 Å². The van der Waals surface area contributed by atoms with Crippen LogP contribution in [-0.4, -0.2) is 27.1 Å². The summed E-state index contributed by atoms with van der Waals surface area (Å²) in [6.07, 6.45) is 8.02. The molecule has 0 aliphatic heterocycles. The van der Waals surface area contributed by atoms with E-state index >= 15 is 0 Å². The molecule has 0 spiro atoms. The largest absolute Gasteiger partial charge is 0.360 e. The number of nitrogens with zero attached hydrogens (tertiary/aromatic N) is 3. The molecule has 0 bridgehead atoms. The summed E-state index contributed by atoms with van der Waals surface area (Å²) < 4.78 is 7.36. The Balaban J connectivity index is 1.29. The highest BCUT2D eigenvalue weighted by Gasteiger charge is 2.37. The first-order chi connectivity index (χ1) is 16.0. The molecule has 1 unspecified atom stereocenters. The number of amides is 1. The standard InChI is InChI=1S/C26H26N4O2S/c1-26(19-6-4-3-5-7-19)13-12-23-22(14-26)24(29-32-23)25(31)28-20-15-27-30(17-20)16-18-8-10-21(33-2)11-9-18/h3-11,15,17H,12-14,16H2,1-2H3,(H,28,31). The van der Waals surface area contributed by atoms with E-state index in [1.165, 1.54) is 10.5 Å². The SMILES string of the molecule is CSc1ccc(Cn2cc(NC(=O)c3noc4c3CC(C)(c3ccccc3)CC4)cn2)cc1. The van der Waals surface area contributed by atoms with Gasteiger partial charge in [0.2, 0.25) is 0 Å². The number of hydrogen-bond acceptors (Lipinski definition) is 5. The Morgan fingerprint density at radius 2 is 1.97 bits per heavy atom. The van der Waals surface area contributed by atoms with Crippen molar-refractivity contribution in [1.82, 2.24) is 14.9 Å². The molecule has 0 fully saturated rings. The summed E-state index contributed by atoms with van der Waals surface area (Å²) in [5.41, 5.74) is 4.29. The molecule has 0 saturated carbocycles. The fourth-order valence-electron chi connectivity index (χ4n) is 4.48. The molecule has 4 aromatic rings. The van der Waals surface area contributed by atoms with Gasteiger partial charge in [-0.3, -0.25) is 9.48 Å². The maximum atomic E-state index is 13.1. The third-order valence-corrected chi connectivity index (χ3v) is 7.16. The van der Waals surface area contributed by atoms with Crippen molar-refractivity contribution in [3.8, 4) is 0 Å². The van der Waals surface area contributed by atoms with Crippen molar-refractivity contribution in [2.24, 2.45) is 0 Å². The van der Waals surface area contributed by atoms with Gasteiger partial charge in [-0.1, -0.05) is 54.5 Å². The Bertz CT molecular complexity index is 1260. The highest BCUT2D eigenvalue weighted by Crippen LogP contribution is 2.39. The van der Waals surface area contributed by atoms with Gasteiger partial charge in [0.25, 0.3) is 5.91 Å². The van der Waals surface area contributed by atoms with E-state index in [2.05, 4.69) is 77.3 Å². The number of benzene rings is 2. The first-order valence-electron chi connectivity index (χ1n) is 11.0. The van der Waals surface area contributed by atoms with E-state index in [4.69, 9.17) is 4.52 Å². The van der Waals surface area contributed by atoms with Gasteiger partial charge in [0.1, 0.15) is 5.76 Å². The monoisotopic (exact) mass is 458 g/mol. The molecule has 7 heteroatoms. The van der Waals surface area contributed by atoms with Gasteiger partial charge in [0.05, 0.1) is 18.4 Å². The Labute approximate surface area is 197 Å². The minimum absolute atomic E-state index is 0.0500. The van der Waals surface area contributed by atoms with Crippen molar-refractivity contribution in [2.45, 2.75) is 43.0 Å². The third kappa shape index (κ3) is 4.46. The molecule has 168 valence electrons. The van der Waals surface area contributed by atoms with Crippen LogP contribution in [-0.2, 0) is 24.8 Å². The summed E-state index contributed by atoms with van der Waals surface area (Å²) in [5, 5.41) is 11.5. The Hall–Kier alpha value is -3.32. The number of aromatic nitrogens is 3. The van der Waals surface area contributed by atoms with E-state index in [0.29, 0.717) is 17.9 Å². The first kappa shape index (κ1) is 21.5. The van der Waals surface area contributed by atoms with Crippen LogP contribution in [0.25, 0.3) is 0 Å². The van der Waals surface area contributed by atoms with Crippen molar-refractivity contribution in [1.29, 1.82) is 0 Å². The lowest BCUT2D eigenvalue weighted by molar-refractivity contribution is 0.101. The minimum atomic E-state index is -0.263. The molecule has 1 N–H and O–H groups in total. The molecule has 0 saturated heterocycles. The van der Waals surface area contributed by atoms with Crippen molar-refractivity contribution >= 4 is 23.4 Å². The number of carbonyl (C=O) groups excluding carboxylic acids is 1. The van der Waals surface area contributed by atoms with Crippen LogP contribution in [0.5, 0.6) is 0 Å². The van der Waals surface area contributed by atoms with Crippen LogP contribution in [0.4, 0.5) is 5.69 Å². The smallest absolute Gasteiger partial charge is 0.278 e. The summed E-state index contributed by atoms with van der Waals surface area (Å²) in [4.78, 5) is 14.3. The molecule has 6 nitrogen and oxygen atoms in total. The molecule has 2 heterocycles. The maximum absolute atomic E-state index is 13.1. The fourth-order valence-corrected chi connectivity index (χ4v) is 4.89. The van der Waals surface area contributed by atoms with E-state index in [9.17, 15) is 4.79 Å². The topological polar surface area (TPSA) is 73.0 Å². The van der Waals surface area contributed by atoms with E-state index in [0.717, 1.165) is 36.1 Å². The van der Waals surface area contributed by atoms with Crippen molar-refractivity contribution in [2.75, 3.05) is 11.6 Å². The second-order valence-electron chi connectivity index (χ2n) is 8.77. The van der Waals surface area contributed by atoms with E-state index < -0.39 is 0 Å². The molecular weight excluding hydrogens is 432 g/mol. The molecular formula is C26H26N4O2S. The Morgan fingerprint density at radius 3 is 2.73 bits per heavy atom. The maximum Gasteiger partial charge on any atom is 0.278 e. The number of anilines is 1. The summed E-state index contributed by atoms with van der Waals surface area (Å²) in [7, 11) is 0. The number of thioether (sulfide) groups is 1. The summed E-state index contributed by atoms with van der Waals surface area (Å²) in [5.74, 6) is 0.555. The number of aryl methyl sites for hydroxylation is 1. The number of rotatable bonds is 6. The lowest BCUT2D eigenvalue weighted by atomic mass is 9.70. The zero-order valence-electron chi connectivity index (χ0n) is 18.7. The molecule has 1 aliphatic carbocycles. The molecule has 5 rings (SSSR count). The second-order valence-corrected chi connectivity index (χ2v) is 9.64. The number of hydrogen-bond donors (Lipinski definition) is 1. The predicted molar refractivity (Wildman–Crippen MR) is 130 cm³/mol. The van der Waals surface area contributed by atoms with E-state index in [-0.39, 0.29) is 11.3 Å². The average molecular weight is 459 g/mol. The Morgan fingerprint density at radius 1 is 1.18 bits per heavy atom. The highest BCUT2D eigenvalue weighted by molar-refractivity contribution is 7.98. The molecule has 1 atom stereocenters. The molecule has 0 radical (unpaired) electrons. The normalized spacial score (nSPS) is 17.5. The summed E-state index contributed by atoms with van der Waals surface area (Å²) in [6.45, 7) is 2.88. The lowest BCUT2D eigenvalue weighted by Gasteiger charge is -2.33. The van der Waals surface area contributed by atoms with E-state index in [1.54, 1.807) is 18.0 Å². The van der Waals surface area contributed by atoms with Gasteiger partial charge < -0.3 is 9.84 Å². The van der Waals surface area contributed by atoms with Crippen LogP contribution in [0.1, 0.15) is 46.3 Å². The highest BCUT2D eigenvalue weighted by atomic mass is 32.2. The van der Waals surface area contributed by atoms with Crippen LogP contribution in [0.15, 0.2) is 76.4 Å². The summed E-state index contributed by atoms with van der Waals surface area (Å²) in [6, 6.07) is 18.8. The van der Waals surface area contributed by atoms with Crippen LogP contribution < -0.4 is 5.32 Å². The van der Waals surface area contributed by atoms with Gasteiger partial charge in [0.15, 0.2) is 5.69 Å². The van der Waals surface area contributed by atoms with Crippen LogP contribution in [0.3, 0.4) is 0 Å². The van der Waals surface area contributed by atoms with Gasteiger partial charge in [-0.15, -0.1) is 11.8 Å². The second kappa shape index (κ2) is 8.90. The molecule has 2 aromatic carbocycles. The van der Waals surface area contributed by atoms with Crippen LogP contribution in [0.2, 0.25) is 0 Å². The summed E-state index contributed by atoms with van der Waals surface area (Å²) >= 11 is 1.72. The molecule has 1 amide bonds. The molecule has 2 aromatic heterocycles. The molecule has 1 aliphatic rings. The van der Waals surface area contributed by atoms with Gasteiger partial charge in [-0.05, 0) is 47.8 Å². The third-order valence-electron chi connectivity index (χ3n) is 6.42. The number of nitrogens with one attached hydrogen (secondary N) is 1. The zero-order chi connectivity index (χ0) is 22.8. The van der Waals surface area contributed by atoms with Gasteiger partial charge in [-0.2, -0.15) is 5.10 Å². The van der Waals surface area contributed by atoms with Crippen molar-refractivity contribution in [3.05, 3.63) is 95.1 Å². The van der Waals surface area contributed by atoms with Crippen molar-refractivity contribution in [3.63, 3.8) is 0 Å². The number of fused-ring (bicyclic) bond motifs is 1. The van der Waals surface area contributed by atoms with Gasteiger partial charge in [-0.25, -0.2) is 0 Å². The quantitative estimate of drug-likeness (QED) is 0.395. The average Bonchev–Trinajstić information content (AvgIpc) is 3.46. The molecule has 33 heavy (non-hydrogen) atoms. The lowest BCUT2D eigenvalue weighted by Crippen LogP contribution is -2.31. The number of carbonyl (C=O) groups is 1. The first-order valence-corrected chi connectivity index (χ1v) is 12.3. The van der Waals surface area contributed by atoms with Gasteiger partial charge >= 0.3 is 0 Å².